The molecule has 19 heavy (non-hydrogen) atoms. The van der Waals surface area contributed by atoms with Crippen LogP contribution in [0.2, 0.25) is 0 Å². The lowest BCUT2D eigenvalue weighted by Crippen LogP contribution is -2.52. The third kappa shape index (κ3) is 3.95. The first kappa shape index (κ1) is 15.3. The molecule has 2 rings (SSSR count). The van der Waals surface area contributed by atoms with Gasteiger partial charge in [0.05, 0.1) is 0 Å². The number of nitrogens with two attached hydrogens (primary N) is 1. The molecule has 0 aliphatic heterocycles. The second kappa shape index (κ2) is 6.13. The average Bonchev–Trinajstić information content (AvgIpc) is 2.80. The summed E-state index contributed by atoms with van der Waals surface area (Å²) in [6, 6.07) is 1.00. The molecule has 2 N–H and O–H groups in total. The lowest BCUT2D eigenvalue weighted by atomic mass is 9.69. The fourth-order valence-electron chi connectivity index (χ4n) is 4.20. The largest absolute Gasteiger partial charge is 0.326 e. The highest BCUT2D eigenvalue weighted by atomic mass is 15.1. The summed E-state index contributed by atoms with van der Waals surface area (Å²) >= 11 is 0. The summed E-state index contributed by atoms with van der Waals surface area (Å²) in [6.07, 6.45) is 9.59. The van der Waals surface area contributed by atoms with E-state index in [2.05, 4.69) is 32.7 Å². The second-order valence-corrected chi connectivity index (χ2v) is 8.20. The highest BCUT2D eigenvalue weighted by molar-refractivity contribution is 4.92. The van der Waals surface area contributed by atoms with Crippen molar-refractivity contribution < 1.29 is 0 Å². The first-order valence-electron chi connectivity index (χ1n) is 8.33. The molecule has 0 aromatic carbocycles. The molecule has 2 fully saturated rings. The predicted octanol–water partition coefficient (Wildman–Crippen LogP) is 3.65. The molecule has 0 aromatic heterocycles. The highest BCUT2D eigenvalue weighted by Crippen LogP contribution is 2.39. The van der Waals surface area contributed by atoms with E-state index >= 15 is 0 Å². The monoisotopic (exact) mass is 266 g/mol. The summed E-state index contributed by atoms with van der Waals surface area (Å²) < 4.78 is 0. The molecule has 3 unspecified atom stereocenters. The van der Waals surface area contributed by atoms with E-state index in [1.165, 1.54) is 51.5 Å². The van der Waals surface area contributed by atoms with Crippen LogP contribution in [-0.2, 0) is 0 Å². The Hall–Kier alpha value is -0.0800. The van der Waals surface area contributed by atoms with Gasteiger partial charge in [0.2, 0.25) is 0 Å². The lowest BCUT2D eigenvalue weighted by molar-refractivity contribution is 0.0760. The van der Waals surface area contributed by atoms with Gasteiger partial charge in [-0.2, -0.15) is 0 Å². The van der Waals surface area contributed by atoms with Crippen LogP contribution in [0.5, 0.6) is 0 Å². The molecule has 0 bridgehead atoms. The van der Waals surface area contributed by atoms with Crippen LogP contribution in [0.15, 0.2) is 0 Å². The average molecular weight is 266 g/mol. The van der Waals surface area contributed by atoms with Gasteiger partial charge in [-0.25, -0.2) is 0 Å². The van der Waals surface area contributed by atoms with Crippen molar-refractivity contribution in [1.29, 1.82) is 0 Å². The maximum atomic E-state index is 6.42. The normalized spacial score (nSPS) is 34.1. The summed E-state index contributed by atoms with van der Waals surface area (Å²) in [4.78, 5) is 2.60. The lowest BCUT2D eigenvalue weighted by Gasteiger charge is -2.44. The van der Waals surface area contributed by atoms with E-state index in [1.54, 1.807) is 0 Å². The summed E-state index contributed by atoms with van der Waals surface area (Å²) in [5, 5.41) is 0. The van der Waals surface area contributed by atoms with E-state index in [0.717, 1.165) is 11.8 Å². The number of hydrogen-bond acceptors (Lipinski definition) is 2. The number of likely N-dealkylation sites (N-methyl/N-ethyl adjacent to an activating group) is 1. The maximum absolute atomic E-state index is 6.42. The van der Waals surface area contributed by atoms with Crippen molar-refractivity contribution >= 4 is 0 Å². The molecule has 2 heteroatoms. The SMILES string of the molecule is CN(CC1CCCC1)C1CC(C(C)(C)C)CCC1N. The van der Waals surface area contributed by atoms with Crippen molar-refractivity contribution in [2.45, 2.75) is 77.8 Å². The van der Waals surface area contributed by atoms with E-state index in [0.29, 0.717) is 17.5 Å². The van der Waals surface area contributed by atoms with Crippen LogP contribution in [0.4, 0.5) is 0 Å². The Morgan fingerprint density at radius 1 is 1.05 bits per heavy atom. The van der Waals surface area contributed by atoms with E-state index in [-0.39, 0.29) is 0 Å². The van der Waals surface area contributed by atoms with E-state index in [4.69, 9.17) is 5.73 Å². The van der Waals surface area contributed by atoms with E-state index < -0.39 is 0 Å². The summed E-state index contributed by atoms with van der Waals surface area (Å²) in [5.41, 5.74) is 6.86. The third-order valence-corrected chi connectivity index (χ3v) is 5.68. The fraction of sp³-hybridized carbons (Fsp3) is 1.00. The van der Waals surface area contributed by atoms with Crippen molar-refractivity contribution in [3.63, 3.8) is 0 Å². The predicted molar refractivity (Wildman–Crippen MR) is 83.1 cm³/mol. The smallest absolute Gasteiger partial charge is 0.0247 e. The first-order valence-corrected chi connectivity index (χ1v) is 8.33. The Morgan fingerprint density at radius 3 is 2.26 bits per heavy atom. The van der Waals surface area contributed by atoms with Gasteiger partial charge in [0.15, 0.2) is 0 Å². The summed E-state index contributed by atoms with van der Waals surface area (Å²) in [6.45, 7) is 8.45. The quantitative estimate of drug-likeness (QED) is 0.845. The minimum absolute atomic E-state index is 0.394. The van der Waals surface area contributed by atoms with E-state index in [9.17, 15) is 0 Å². The highest BCUT2D eigenvalue weighted by Gasteiger charge is 2.36. The number of rotatable bonds is 3. The second-order valence-electron chi connectivity index (χ2n) is 8.20. The molecule has 2 nitrogen and oxygen atoms in total. The Morgan fingerprint density at radius 2 is 1.68 bits per heavy atom. The molecule has 0 aromatic rings. The molecule has 2 aliphatic carbocycles. The standard InChI is InChI=1S/C17H34N2/c1-17(2,3)14-9-10-15(18)16(11-14)19(4)12-13-7-5-6-8-13/h13-16H,5-12,18H2,1-4H3. The zero-order valence-electron chi connectivity index (χ0n) is 13.5. The molecular formula is C17H34N2. The third-order valence-electron chi connectivity index (χ3n) is 5.68. The van der Waals surface area contributed by atoms with Crippen LogP contribution in [0.25, 0.3) is 0 Å². The molecule has 112 valence electrons. The van der Waals surface area contributed by atoms with Crippen LogP contribution in [0.3, 0.4) is 0 Å². The number of hydrogen-bond donors (Lipinski definition) is 1. The van der Waals surface area contributed by atoms with Gasteiger partial charge >= 0.3 is 0 Å². The Bertz CT molecular complexity index is 275. The molecule has 0 heterocycles. The molecule has 0 amide bonds. The Balaban J connectivity index is 1.92. The van der Waals surface area contributed by atoms with Gasteiger partial charge in [0, 0.05) is 18.6 Å². The maximum Gasteiger partial charge on any atom is 0.0247 e. The van der Waals surface area contributed by atoms with Gasteiger partial charge in [0.25, 0.3) is 0 Å². The first-order chi connectivity index (χ1) is 8.88. The molecule has 2 aliphatic rings. The van der Waals surface area contributed by atoms with Gasteiger partial charge in [0.1, 0.15) is 0 Å². The molecule has 2 saturated carbocycles. The van der Waals surface area contributed by atoms with Crippen molar-refractivity contribution in [1.82, 2.24) is 4.90 Å². The van der Waals surface area contributed by atoms with Crippen LogP contribution in [-0.4, -0.2) is 30.6 Å². The van der Waals surface area contributed by atoms with Crippen molar-refractivity contribution in [2.24, 2.45) is 23.0 Å². The van der Waals surface area contributed by atoms with Gasteiger partial charge < -0.3 is 10.6 Å². The minimum Gasteiger partial charge on any atom is -0.326 e. The molecule has 0 saturated heterocycles. The summed E-state index contributed by atoms with van der Waals surface area (Å²) in [7, 11) is 2.31. The Labute approximate surface area is 120 Å². The Kier molecular flexibility index (Phi) is 4.94. The van der Waals surface area contributed by atoms with Crippen molar-refractivity contribution in [3.8, 4) is 0 Å². The summed E-state index contributed by atoms with van der Waals surface area (Å²) in [5.74, 6) is 1.77. The van der Waals surface area contributed by atoms with Gasteiger partial charge in [-0.3, -0.25) is 0 Å². The zero-order chi connectivity index (χ0) is 14.0. The number of nitrogens with zero attached hydrogens (tertiary/aromatic N) is 1. The molecule has 0 radical (unpaired) electrons. The zero-order valence-corrected chi connectivity index (χ0v) is 13.5. The minimum atomic E-state index is 0.394. The molecular weight excluding hydrogens is 232 g/mol. The topological polar surface area (TPSA) is 29.3 Å². The molecule has 3 atom stereocenters. The van der Waals surface area contributed by atoms with E-state index in [1.807, 2.05) is 0 Å². The fourth-order valence-corrected chi connectivity index (χ4v) is 4.20. The van der Waals surface area contributed by atoms with Crippen LogP contribution < -0.4 is 5.73 Å². The van der Waals surface area contributed by atoms with Gasteiger partial charge in [-0.15, -0.1) is 0 Å². The van der Waals surface area contributed by atoms with Crippen LogP contribution in [0, 0.1) is 17.3 Å². The molecule has 0 spiro atoms. The van der Waals surface area contributed by atoms with Gasteiger partial charge in [-0.1, -0.05) is 33.6 Å². The van der Waals surface area contributed by atoms with Crippen LogP contribution in [0.1, 0.15) is 65.7 Å². The van der Waals surface area contributed by atoms with Crippen LogP contribution >= 0.6 is 0 Å². The van der Waals surface area contributed by atoms with Crippen molar-refractivity contribution in [3.05, 3.63) is 0 Å². The van der Waals surface area contributed by atoms with Gasteiger partial charge in [-0.05, 0) is 56.4 Å². The van der Waals surface area contributed by atoms with Crippen molar-refractivity contribution in [2.75, 3.05) is 13.6 Å².